The van der Waals surface area contributed by atoms with Crippen molar-refractivity contribution in [3.63, 3.8) is 0 Å². The molecule has 0 bridgehead atoms. The summed E-state index contributed by atoms with van der Waals surface area (Å²) < 4.78 is 37.5. The van der Waals surface area contributed by atoms with Crippen molar-refractivity contribution in [2.75, 3.05) is 19.6 Å². The van der Waals surface area contributed by atoms with Crippen LogP contribution in [0.3, 0.4) is 0 Å². The van der Waals surface area contributed by atoms with Crippen molar-refractivity contribution >= 4 is 0 Å². The van der Waals surface area contributed by atoms with Gasteiger partial charge in [-0.2, -0.15) is 13.2 Å². The molecule has 0 amide bonds. The van der Waals surface area contributed by atoms with Crippen LogP contribution in [0.15, 0.2) is 24.3 Å². The Bertz CT molecular complexity index is 420. The summed E-state index contributed by atoms with van der Waals surface area (Å²) in [4.78, 5) is 2.38. The van der Waals surface area contributed by atoms with Gasteiger partial charge >= 0.3 is 6.18 Å². The van der Waals surface area contributed by atoms with Gasteiger partial charge in [0.25, 0.3) is 0 Å². The Morgan fingerprint density at radius 2 is 1.57 bits per heavy atom. The van der Waals surface area contributed by atoms with E-state index in [2.05, 4.69) is 4.90 Å². The van der Waals surface area contributed by atoms with E-state index in [-0.39, 0.29) is 6.04 Å². The molecule has 2 N–H and O–H groups in total. The maximum absolute atomic E-state index is 12.5. The predicted molar refractivity (Wildman–Crippen MR) is 78.0 cm³/mol. The fraction of sp³-hybridized carbons (Fsp3) is 0.625. The first kappa shape index (κ1) is 16.3. The SMILES string of the molecule is NC(Cc1ccc(C(F)(F)F)cc1)CN1CCCCCC1. The molecule has 21 heavy (non-hydrogen) atoms. The van der Waals surface area contributed by atoms with Crippen molar-refractivity contribution in [1.82, 2.24) is 4.90 Å². The maximum atomic E-state index is 12.5. The van der Waals surface area contributed by atoms with Gasteiger partial charge in [-0.1, -0.05) is 25.0 Å². The summed E-state index contributed by atoms with van der Waals surface area (Å²) in [7, 11) is 0. The Morgan fingerprint density at radius 3 is 2.10 bits per heavy atom. The van der Waals surface area contributed by atoms with E-state index in [0.717, 1.165) is 37.3 Å². The zero-order valence-electron chi connectivity index (χ0n) is 12.2. The van der Waals surface area contributed by atoms with Crippen molar-refractivity contribution in [1.29, 1.82) is 0 Å². The van der Waals surface area contributed by atoms with Crippen LogP contribution in [-0.4, -0.2) is 30.6 Å². The van der Waals surface area contributed by atoms with Crippen LogP contribution in [0.1, 0.15) is 36.8 Å². The first-order valence-corrected chi connectivity index (χ1v) is 7.59. The lowest BCUT2D eigenvalue weighted by Gasteiger charge is -2.24. The van der Waals surface area contributed by atoms with E-state index in [1.165, 1.54) is 37.8 Å². The van der Waals surface area contributed by atoms with Crippen molar-refractivity contribution in [3.05, 3.63) is 35.4 Å². The van der Waals surface area contributed by atoms with Crippen LogP contribution in [0.5, 0.6) is 0 Å². The van der Waals surface area contributed by atoms with Crippen LogP contribution in [0.2, 0.25) is 0 Å². The molecule has 0 saturated carbocycles. The Labute approximate surface area is 124 Å². The molecule has 1 unspecified atom stereocenters. The van der Waals surface area contributed by atoms with E-state index < -0.39 is 11.7 Å². The van der Waals surface area contributed by atoms with Gasteiger partial charge in [-0.3, -0.25) is 0 Å². The van der Waals surface area contributed by atoms with Gasteiger partial charge in [-0.25, -0.2) is 0 Å². The Kier molecular flexibility index (Phi) is 5.65. The van der Waals surface area contributed by atoms with Gasteiger partial charge in [0.15, 0.2) is 0 Å². The summed E-state index contributed by atoms with van der Waals surface area (Å²) in [6.07, 6.45) is 1.34. The third-order valence-corrected chi connectivity index (χ3v) is 3.97. The lowest BCUT2D eigenvalue weighted by atomic mass is 10.0. The molecule has 2 nitrogen and oxygen atoms in total. The molecular formula is C16H23F3N2. The number of benzene rings is 1. The second-order valence-corrected chi connectivity index (χ2v) is 5.87. The summed E-state index contributed by atoms with van der Waals surface area (Å²) in [5.41, 5.74) is 6.41. The molecule has 1 aliphatic heterocycles. The number of nitrogens with two attached hydrogens (primary N) is 1. The van der Waals surface area contributed by atoms with Gasteiger partial charge < -0.3 is 10.6 Å². The molecule has 5 heteroatoms. The minimum Gasteiger partial charge on any atom is -0.326 e. The molecule has 1 atom stereocenters. The summed E-state index contributed by atoms with van der Waals surface area (Å²) >= 11 is 0. The molecular weight excluding hydrogens is 277 g/mol. The molecule has 1 aromatic carbocycles. The number of hydrogen-bond acceptors (Lipinski definition) is 2. The summed E-state index contributed by atoms with van der Waals surface area (Å²) in [6, 6.07) is 5.30. The Balaban J connectivity index is 1.85. The van der Waals surface area contributed by atoms with Crippen LogP contribution < -0.4 is 5.73 Å². The van der Waals surface area contributed by atoms with Crippen molar-refractivity contribution < 1.29 is 13.2 Å². The highest BCUT2D eigenvalue weighted by Crippen LogP contribution is 2.29. The highest BCUT2D eigenvalue weighted by Gasteiger charge is 2.29. The third-order valence-electron chi connectivity index (χ3n) is 3.97. The first-order valence-electron chi connectivity index (χ1n) is 7.59. The molecule has 0 radical (unpaired) electrons. The summed E-state index contributed by atoms with van der Waals surface area (Å²) in [6.45, 7) is 2.99. The second-order valence-electron chi connectivity index (χ2n) is 5.87. The van der Waals surface area contributed by atoms with Crippen molar-refractivity contribution in [2.45, 2.75) is 44.3 Å². The lowest BCUT2D eigenvalue weighted by Crippen LogP contribution is -2.39. The number of hydrogen-bond donors (Lipinski definition) is 1. The second kappa shape index (κ2) is 7.27. The molecule has 0 aliphatic carbocycles. The molecule has 1 saturated heterocycles. The van der Waals surface area contributed by atoms with Gasteiger partial charge in [0.2, 0.25) is 0 Å². The number of alkyl halides is 3. The fourth-order valence-electron chi connectivity index (χ4n) is 2.85. The number of halogens is 3. The van der Waals surface area contributed by atoms with Crippen molar-refractivity contribution in [2.24, 2.45) is 5.73 Å². The van der Waals surface area contributed by atoms with E-state index in [1.807, 2.05) is 0 Å². The fourth-order valence-corrected chi connectivity index (χ4v) is 2.85. The van der Waals surface area contributed by atoms with Crippen molar-refractivity contribution in [3.8, 4) is 0 Å². The quantitative estimate of drug-likeness (QED) is 0.923. The third kappa shape index (κ3) is 5.32. The van der Waals surface area contributed by atoms with Gasteiger partial charge in [0.05, 0.1) is 5.56 Å². The minimum absolute atomic E-state index is 0.0279. The van der Waals surface area contributed by atoms with E-state index in [9.17, 15) is 13.2 Å². The molecule has 118 valence electrons. The molecule has 1 aliphatic rings. The van der Waals surface area contributed by atoms with Crippen LogP contribution in [0.25, 0.3) is 0 Å². The zero-order chi connectivity index (χ0) is 15.3. The zero-order valence-corrected chi connectivity index (χ0v) is 12.2. The number of likely N-dealkylation sites (tertiary alicyclic amines) is 1. The molecule has 1 aromatic rings. The first-order chi connectivity index (χ1) is 9.95. The average molecular weight is 300 g/mol. The average Bonchev–Trinajstić information content (AvgIpc) is 2.67. The molecule has 0 spiro atoms. The van der Waals surface area contributed by atoms with Crippen LogP contribution in [-0.2, 0) is 12.6 Å². The van der Waals surface area contributed by atoms with E-state index in [0.29, 0.717) is 6.42 Å². The maximum Gasteiger partial charge on any atom is 0.416 e. The lowest BCUT2D eigenvalue weighted by molar-refractivity contribution is -0.137. The van der Waals surface area contributed by atoms with Gasteiger partial charge in [0, 0.05) is 12.6 Å². The normalized spacial score (nSPS) is 19.2. The Morgan fingerprint density at radius 1 is 1.00 bits per heavy atom. The van der Waals surface area contributed by atoms with E-state index >= 15 is 0 Å². The largest absolute Gasteiger partial charge is 0.416 e. The summed E-state index contributed by atoms with van der Waals surface area (Å²) in [5, 5.41) is 0. The predicted octanol–water partition coefficient (Wildman–Crippen LogP) is 3.45. The van der Waals surface area contributed by atoms with Gasteiger partial charge in [0.1, 0.15) is 0 Å². The smallest absolute Gasteiger partial charge is 0.326 e. The highest BCUT2D eigenvalue weighted by molar-refractivity contribution is 5.25. The van der Waals surface area contributed by atoms with E-state index in [4.69, 9.17) is 5.73 Å². The Hall–Kier alpha value is -1.07. The molecule has 2 rings (SSSR count). The number of rotatable bonds is 4. The van der Waals surface area contributed by atoms with Crippen LogP contribution >= 0.6 is 0 Å². The summed E-state index contributed by atoms with van der Waals surface area (Å²) in [5.74, 6) is 0. The van der Waals surface area contributed by atoms with Crippen LogP contribution in [0, 0.1) is 0 Å². The van der Waals surface area contributed by atoms with Crippen LogP contribution in [0.4, 0.5) is 13.2 Å². The van der Waals surface area contributed by atoms with Gasteiger partial charge in [-0.05, 0) is 50.0 Å². The highest BCUT2D eigenvalue weighted by atomic mass is 19.4. The standard InChI is InChI=1S/C16H23F3N2/c17-16(18,19)14-7-5-13(6-8-14)11-15(20)12-21-9-3-1-2-4-10-21/h5-8,15H,1-4,9-12,20H2. The monoisotopic (exact) mass is 300 g/mol. The molecule has 1 fully saturated rings. The van der Waals surface area contributed by atoms with E-state index in [1.54, 1.807) is 0 Å². The number of nitrogens with zero attached hydrogens (tertiary/aromatic N) is 1. The minimum atomic E-state index is -4.27. The molecule has 1 heterocycles. The van der Waals surface area contributed by atoms with Gasteiger partial charge in [-0.15, -0.1) is 0 Å². The topological polar surface area (TPSA) is 29.3 Å². The molecule has 0 aromatic heterocycles.